The number of rotatable bonds is 4. The van der Waals surface area contributed by atoms with Crippen molar-refractivity contribution in [3.8, 4) is 0 Å². The van der Waals surface area contributed by atoms with Crippen LogP contribution in [0.25, 0.3) is 0 Å². The highest BCUT2D eigenvalue weighted by molar-refractivity contribution is 7.98. The lowest BCUT2D eigenvalue weighted by Gasteiger charge is -2.23. The van der Waals surface area contributed by atoms with Gasteiger partial charge in [0.2, 0.25) is 0 Å². The molecule has 1 aliphatic rings. The third kappa shape index (κ3) is 3.88. The molecule has 144 valence electrons. The fourth-order valence-electron chi connectivity index (χ4n) is 3.48. The molecule has 1 aliphatic heterocycles. The number of aliphatic hydroxyl groups is 1. The van der Waals surface area contributed by atoms with Crippen LogP contribution in [-0.4, -0.2) is 11.7 Å². The molecule has 0 saturated carbocycles. The highest BCUT2D eigenvalue weighted by Crippen LogP contribution is 2.39. The Morgan fingerprint density at radius 3 is 2.43 bits per heavy atom. The van der Waals surface area contributed by atoms with Gasteiger partial charge in [-0.05, 0) is 40.5 Å². The molecule has 4 rings (SSSR count). The lowest BCUT2D eigenvalue weighted by Crippen LogP contribution is -2.28. The van der Waals surface area contributed by atoms with E-state index in [0.717, 1.165) is 5.75 Å². The molecule has 0 fully saturated rings. The molecule has 0 amide bonds. The van der Waals surface area contributed by atoms with Gasteiger partial charge in [0.15, 0.2) is 0 Å². The maximum absolute atomic E-state index is 10.7. The number of fused-ring (bicyclic) bond motifs is 2. The van der Waals surface area contributed by atoms with E-state index in [1.54, 1.807) is 12.1 Å². The maximum Gasteiger partial charge on any atom is 0.0915 e. The van der Waals surface area contributed by atoms with E-state index in [1.165, 1.54) is 21.6 Å². The van der Waals surface area contributed by atoms with Gasteiger partial charge in [-0.25, -0.2) is 0 Å². The zero-order chi connectivity index (χ0) is 19.7. The number of nitrogens with two attached hydrogens (primary N) is 1. The molecule has 3 nitrogen and oxygen atoms in total. The number of nitrogen functional groups attached to an aromatic ring is 1. The van der Waals surface area contributed by atoms with Crippen molar-refractivity contribution in [3.63, 3.8) is 0 Å². The van der Waals surface area contributed by atoms with Crippen molar-refractivity contribution in [3.05, 3.63) is 93.0 Å². The van der Waals surface area contributed by atoms with Crippen molar-refractivity contribution in [1.29, 1.82) is 0 Å². The molecule has 0 saturated heterocycles. The monoisotopic (exact) mass is 430 g/mol. The van der Waals surface area contributed by atoms with E-state index in [4.69, 9.17) is 28.9 Å². The topological polar surface area (TPSA) is 58.3 Å². The summed E-state index contributed by atoms with van der Waals surface area (Å²) in [5.41, 5.74) is 10.5. The molecular weight excluding hydrogens is 411 g/mol. The summed E-state index contributed by atoms with van der Waals surface area (Å²) in [7, 11) is 0. The van der Waals surface area contributed by atoms with Crippen LogP contribution in [0, 0.1) is 0 Å². The van der Waals surface area contributed by atoms with E-state index in [2.05, 4.69) is 53.8 Å². The summed E-state index contributed by atoms with van der Waals surface area (Å²) in [6.45, 7) is 0.356. The molecule has 28 heavy (non-hydrogen) atoms. The number of nitrogens with one attached hydrogen (secondary N) is 1. The first kappa shape index (κ1) is 19.6. The molecule has 0 unspecified atom stereocenters. The highest BCUT2D eigenvalue weighted by atomic mass is 35.5. The Balaban J connectivity index is 1.62. The van der Waals surface area contributed by atoms with Gasteiger partial charge in [0.1, 0.15) is 0 Å². The molecule has 0 spiro atoms. The molecule has 0 aromatic heterocycles. The Hall–Kier alpha value is -1.69. The van der Waals surface area contributed by atoms with Gasteiger partial charge < -0.3 is 16.2 Å². The van der Waals surface area contributed by atoms with Crippen molar-refractivity contribution in [2.75, 3.05) is 12.3 Å². The van der Waals surface area contributed by atoms with Crippen molar-refractivity contribution in [1.82, 2.24) is 5.32 Å². The first-order valence-electron chi connectivity index (χ1n) is 9.00. The van der Waals surface area contributed by atoms with Crippen molar-refractivity contribution < 1.29 is 5.11 Å². The fourth-order valence-corrected chi connectivity index (χ4v) is 5.09. The molecule has 0 radical (unpaired) electrons. The van der Waals surface area contributed by atoms with Crippen LogP contribution in [0.4, 0.5) is 5.69 Å². The average molecular weight is 431 g/mol. The van der Waals surface area contributed by atoms with Crippen LogP contribution in [-0.2, 0) is 5.75 Å². The van der Waals surface area contributed by atoms with Crippen molar-refractivity contribution in [2.24, 2.45) is 0 Å². The summed E-state index contributed by atoms with van der Waals surface area (Å²) < 4.78 is 0. The number of thioether (sulfide) groups is 1. The number of hydrogen-bond donors (Lipinski definition) is 3. The van der Waals surface area contributed by atoms with E-state index in [-0.39, 0.29) is 6.04 Å². The summed E-state index contributed by atoms with van der Waals surface area (Å²) in [5, 5.41) is 15.0. The third-order valence-electron chi connectivity index (χ3n) is 4.98. The Labute approximate surface area is 178 Å². The summed E-state index contributed by atoms with van der Waals surface area (Å²) in [4.78, 5) is 1.25. The first-order valence-corrected chi connectivity index (χ1v) is 10.7. The molecule has 3 aromatic carbocycles. The normalized spacial score (nSPS) is 16.8. The standard InChI is InChI=1S/C22H20Cl2N2OS/c23-17-9-14(10-18(24)21(17)25)19(27)11-26-22-15-6-2-1-5-13(15)12-28-20-8-4-3-7-16(20)22/h1-10,19,22,26-27H,11-12,25H2/t19-,22-/m0/s1. The maximum atomic E-state index is 10.7. The fraction of sp³-hybridized carbons (Fsp3) is 0.182. The van der Waals surface area contributed by atoms with E-state index in [9.17, 15) is 5.11 Å². The highest BCUT2D eigenvalue weighted by Gasteiger charge is 2.24. The van der Waals surface area contributed by atoms with Gasteiger partial charge in [-0.15, -0.1) is 11.8 Å². The Morgan fingerprint density at radius 2 is 1.68 bits per heavy atom. The van der Waals surface area contributed by atoms with Crippen molar-refractivity contribution >= 4 is 40.7 Å². The Morgan fingerprint density at radius 1 is 1.04 bits per heavy atom. The van der Waals surface area contributed by atoms with Crippen LogP contribution in [0.2, 0.25) is 10.0 Å². The predicted molar refractivity (Wildman–Crippen MR) is 118 cm³/mol. The lowest BCUT2D eigenvalue weighted by molar-refractivity contribution is 0.172. The van der Waals surface area contributed by atoms with E-state index in [1.807, 2.05) is 11.8 Å². The van der Waals surface area contributed by atoms with Gasteiger partial charge in [0.05, 0.1) is 27.9 Å². The largest absolute Gasteiger partial charge is 0.396 e. The minimum atomic E-state index is -0.758. The van der Waals surface area contributed by atoms with Gasteiger partial charge >= 0.3 is 0 Å². The van der Waals surface area contributed by atoms with Gasteiger partial charge in [-0.1, -0.05) is 65.7 Å². The minimum Gasteiger partial charge on any atom is -0.396 e. The second-order valence-corrected chi connectivity index (χ2v) is 8.61. The summed E-state index contributed by atoms with van der Waals surface area (Å²) >= 11 is 14.1. The lowest BCUT2D eigenvalue weighted by atomic mass is 9.94. The Bertz CT molecular complexity index is 941. The van der Waals surface area contributed by atoms with Gasteiger partial charge in [0.25, 0.3) is 0 Å². The number of aliphatic hydroxyl groups excluding tert-OH is 1. The van der Waals surface area contributed by atoms with E-state index >= 15 is 0 Å². The van der Waals surface area contributed by atoms with Crippen LogP contribution in [0.15, 0.2) is 65.6 Å². The summed E-state index contributed by atoms with van der Waals surface area (Å²) in [5.74, 6) is 0.928. The molecule has 4 N–H and O–H groups in total. The van der Waals surface area contributed by atoms with Crippen LogP contribution in [0.5, 0.6) is 0 Å². The number of anilines is 1. The zero-order valence-corrected chi connectivity index (χ0v) is 17.4. The molecule has 2 atom stereocenters. The predicted octanol–water partition coefficient (Wildman–Crippen LogP) is 5.59. The third-order valence-corrected chi connectivity index (χ3v) is 6.74. The SMILES string of the molecule is Nc1c(Cl)cc([C@@H](O)CN[C@H]2c3ccccc3CSc3ccccc32)cc1Cl. The van der Waals surface area contributed by atoms with Crippen molar-refractivity contribution in [2.45, 2.75) is 22.8 Å². The van der Waals surface area contributed by atoms with E-state index < -0.39 is 6.10 Å². The summed E-state index contributed by atoms with van der Waals surface area (Å²) in [6, 6.07) is 20.2. The van der Waals surface area contributed by atoms with Gasteiger partial charge in [-0.3, -0.25) is 0 Å². The Kier molecular flexibility index (Phi) is 5.85. The second-order valence-electron chi connectivity index (χ2n) is 6.78. The number of halogens is 2. The summed E-state index contributed by atoms with van der Waals surface area (Å²) in [6.07, 6.45) is -0.758. The second kappa shape index (κ2) is 8.36. The zero-order valence-electron chi connectivity index (χ0n) is 15.0. The average Bonchev–Trinajstić information content (AvgIpc) is 2.87. The molecule has 1 heterocycles. The number of benzene rings is 3. The number of hydrogen-bond acceptors (Lipinski definition) is 4. The molecule has 6 heteroatoms. The molecule has 3 aromatic rings. The van der Waals surface area contributed by atoms with Gasteiger partial charge in [-0.2, -0.15) is 0 Å². The first-order chi connectivity index (χ1) is 13.5. The van der Waals surface area contributed by atoms with Crippen LogP contribution >= 0.6 is 35.0 Å². The van der Waals surface area contributed by atoms with Gasteiger partial charge in [0, 0.05) is 17.2 Å². The minimum absolute atomic E-state index is 0.00299. The van der Waals surface area contributed by atoms with Crippen LogP contribution < -0.4 is 11.1 Å². The quantitative estimate of drug-likeness (QED) is 0.471. The smallest absolute Gasteiger partial charge is 0.0915 e. The molecule has 0 aliphatic carbocycles. The molecule has 0 bridgehead atoms. The van der Waals surface area contributed by atoms with Crippen LogP contribution in [0.3, 0.4) is 0 Å². The van der Waals surface area contributed by atoms with Crippen LogP contribution in [0.1, 0.15) is 34.4 Å². The van der Waals surface area contributed by atoms with E-state index in [0.29, 0.717) is 27.8 Å². The molecular formula is C22H20Cl2N2OS.